The molecule has 0 radical (unpaired) electrons. The molecule has 2 N–H and O–H groups in total. The van der Waals surface area contributed by atoms with Crippen LogP contribution in [0, 0.1) is 12.8 Å². The molecule has 2 aliphatic heterocycles. The number of hydrogen-bond donors (Lipinski definition) is 2. The molecule has 20 heavy (non-hydrogen) atoms. The van der Waals surface area contributed by atoms with E-state index in [9.17, 15) is 9.59 Å². The van der Waals surface area contributed by atoms with Gasteiger partial charge in [-0.15, -0.1) is 0 Å². The minimum atomic E-state index is -0.910. The highest BCUT2D eigenvalue weighted by Gasteiger charge is 2.51. The molecular formula is C14H16N2O4. The van der Waals surface area contributed by atoms with Crippen molar-refractivity contribution in [2.75, 3.05) is 11.9 Å². The van der Waals surface area contributed by atoms with Crippen molar-refractivity contribution in [2.45, 2.75) is 26.0 Å². The van der Waals surface area contributed by atoms with Gasteiger partial charge in [0.15, 0.2) is 6.10 Å². The minimum Gasteiger partial charge on any atom is -0.464 e. The van der Waals surface area contributed by atoms with E-state index in [1.807, 2.05) is 25.1 Å². The van der Waals surface area contributed by atoms with Gasteiger partial charge in [0, 0.05) is 5.69 Å². The molecule has 6 heteroatoms. The zero-order chi connectivity index (χ0) is 14.3. The van der Waals surface area contributed by atoms with Crippen molar-refractivity contribution in [3.63, 3.8) is 0 Å². The van der Waals surface area contributed by atoms with E-state index in [1.54, 1.807) is 6.92 Å². The average Bonchev–Trinajstić information content (AvgIpc) is 2.84. The van der Waals surface area contributed by atoms with Gasteiger partial charge in [0.05, 0.1) is 18.6 Å². The maximum atomic E-state index is 12.2. The number of aryl methyl sites for hydroxylation is 1. The van der Waals surface area contributed by atoms with E-state index in [1.165, 1.54) is 0 Å². The molecule has 0 aromatic heterocycles. The lowest BCUT2D eigenvalue weighted by Gasteiger charge is -2.29. The van der Waals surface area contributed by atoms with Crippen molar-refractivity contribution in [2.24, 2.45) is 5.92 Å². The molecule has 6 nitrogen and oxygen atoms in total. The summed E-state index contributed by atoms with van der Waals surface area (Å²) in [6.45, 7) is 3.94. The first kappa shape index (κ1) is 13.1. The number of fused-ring (bicyclic) bond motifs is 3. The second kappa shape index (κ2) is 4.88. The van der Waals surface area contributed by atoms with Crippen molar-refractivity contribution in [3.05, 3.63) is 29.3 Å². The topological polar surface area (TPSA) is 76.7 Å². The standard InChI is InChI=1S/C14H16N2O4/c1-3-19-14(18)12-10-11(16-20-12)9-7(2)5-4-6-8(9)15-13(10)17/h4-6,10-12,16H,3H2,1-2H3,(H,15,17)/t10-,11+,12-/m1/s1. The number of nitrogens with one attached hydrogen (secondary N) is 2. The summed E-state index contributed by atoms with van der Waals surface area (Å²) in [5.74, 6) is -1.35. The number of benzene rings is 1. The number of hydrogen-bond acceptors (Lipinski definition) is 5. The quantitative estimate of drug-likeness (QED) is 0.790. The summed E-state index contributed by atoms with van der Waals surface area (Å²) in [6.07, 6.45) is -0.910. The normalized spacial score (nSPS) is 27.5. The van der Waals surface area contributed by atoms with E-state index < -0.39 is 18.0 Å². The Morgan fingerprint density at radius 3 is 3.00 bits per heavy atom. The zero-order valence-electron chi connectivity index (χ0n) is 11.3. The Balaban J connectivity index is 1.97. The highest BCUT2D eigenvalue weighted by Crippen LogP contribution is 2.41. The van der Waals surface area contributed by atoms with Gasteiger partial charge >= 0.3 is 5.97 Å². The Morgan fingerprint density at radius 1 is 1.45 bits per heavy atom. The Kier molecular flexibility index (Phi) is 3.19. The molecular weight excluding hydrogens is 260 g/mol. The van der Waals surface area contributed by atoms with Crippen molar-refractivity contribution >= 4 is 17.6 Å². The van der Waals surface area contributed by atoms with Gasteiger partial charge in [-0.3, -0.25) is 9.63 Å². The van der Waals surface area contributed by atoms with Crippen molar-refractivity contribution in [1.29, 1.82) is 0 Å². The first-order chi connectivity index (χ1) is 9.63. The van der Waals surface area contributed by atoms with Crippen LogP contribution in [0.15, 0.2) is 18.2 Å². The third kappa shape index (κ3) is 1.88. The van der Waals surface area contributed by atoms with Gasteiger partial charge in [0.1, 0.15) is 0 Å². The first-order valence-corrected chi connectivity index (χ1v) is 6.61. The van der Waals surface area contributed by atoms with E-state index >= 15 is 0 Å². The maximum absolute atomic E-state index is 12.2. The minimum absolute atomic E-state index is 0.226. The Labute approximate surface area is 116 Å². The van der Waals surface area contributed by atoms with Crippen LogP contribution < -0.4 is 10.8 Å². The Bertz CT molecular complexity index is 572. The molecule has 3 rings (SSSR count). The van der Waals surface area contributed by atoms with Crippen LogP contribution in [0.1, 0.15) is 24.1 Å². The second-order valence-electron chi connectivity index (χ2n) is 4.94. The Morgan fingerprint density at radius 2 is 2.25 bits per heavy atom. The molecule has 1 fully saturated rings. The predicted octanol–water partition coefficient (Wildman–Crippen LogP) is 1.07. The molecule has 0 bridgehead atoms. The van der Waals surface area contributed by atoms with Gasteiger partial charge < -0.3 is 10.1 Å². The third-order valence-electron chi connectivity index (χ3n) is 3.72. The lowest BCUT2D eigenvalue weighted by atomic mass is 9.83. The van der Waals surface area contributed by atoms with E-state index in [-0.39, 0.29) is 18.6 Å². The number of anilines is 1. The average molecular weight is 276 g/mol. The number of hydroxylamine groups is 1. The van der Waals surface area contributed by atoms with Gasteiger partial charge in [-0.2, -0.15) is 5.48 Å². The molecule has 1 saturated heterocycles. The van der Waals surface area contributed by atoms with Crippen LogP contribution in [0.3, 0.4) is 0 Å². The SMILES string of the molecule is CCOC(=O)[C@@H]1ON[C@H]2c3c(C)cccc3NC(=O)[C@@H]12. The van der Waals surface area contributed by atoms with Crippen molar-refractivity contribution in [1.82, 2.24) is 5.48 Å². The Hall–Kier alpha value is -1.92. The number of rotatable bonds is 2. The number of ether oxygens (including phenoxy) is 1. The molecule has 2 heterocycles. The van der Waals surface area contributed by atoms with Crippen LogP contribution in [-0.4, -0.2) is 24.6 Å². The maximum Gasteiger partial charge on any atom is 0.338 e. The monoisotopic (exact) mass is 276 g/mol. The fourth-order valence-corrected chi connectivity index (χ4v) is 2.83. The largest absolute Gasteiger partial charge is 0.464 e. The van der Waals surface area contributed by atoms with Crippen molar-refractivity contribution < 1.29 is 19.2 Å². The van der Waals surface area contributed by atoms with Crippen LogP contribution in [-0.2, 0) is 19.2 Å². The van der Waals surface area contributed by atoms with E-state index in [2.05, 4.69) is 10.8 Å². The summed E-state index contributed by atoms with van der Waals surface area (Å²) in [4.78, 5) is 29.4. The molecule has 0 unspecified atom stereocenters. The molecule has 1 aromatic rings. The van der Waals surface area contributed by atoms with Gasteiger partial charge in [0.2, 0.25) is 5.91 Å². The summed E-state index contributed by atoms with van der Waals surface area (Å²) >= 11 is 0. The summed E-state index contributed by atoms with van der Waals surface area (Å²) in [5, 5.41) is 2.83. The highest BCUT2D eigenvalue weighted by molar-refractivity contribution is 6.00. The van der Waals surface area contributed by atoms with Gasteiger partial charge in [-0.05, 0) is 31.0 Å². The fourth-order valence-electron chi connectivity index (χ4n) is 2.83. The zero-order valence-corrected chi connectivity index (χ0v) is 11.3. The van der Waals surface area contributed by atoms with Gasteiger partial charge in [-0.1, -0.05) is 12.1 Å². The highest BCUT2D eigenvalue weighted by atomic mass is 16.7. The molecule has 0 saturated carbocycles. The molecule has 2 aliphatic rings. The smallest absolute Gasteiger partial charge is 0.338 e. The molecule has 0 spiro atoms. The van der Waals surface area contributed by atoms with Crippen LogP contribution in [0.4, 0.5) is 5.69 Å². The molecule has 106 valence electrons. The summed E-state index contributed by atoms with van der Waals surface area (Å²) in [7, 11) is 0. The van der Waals surface area contributed by atoms with E-state index in [0.717, 1.165) is 16.8 Å². The third-order valence-corrected chi connectivity index (χ3v) is 3.72. The lowest BCUT2D eigenvalue weighted by Crippen LogP contribution is -2.41. The van der Waals surface area contributed by atoms with E-state index in [4.69, 9.17) is 9.57 Å². The van der Waals surface area contributed by atoms with Crippen molar-refractivity contribution in [3.8, 4) is 0 Å². The van der Waals surface area contributed by atoms with Crippen LogP contribution in [0.25, 0.3) is 0 Å². The lowest BCUT2D eigenvalue weighted by molar-refractivity contribution is -0.160. The number of carbonyl (C=O) groups is 2. The predicted molar refractivity (Wildman–Crippen MR) is 70.7 cm³/mol. The molecule has 1 aromatic carbocycles. The summed E-state index contributed by atoms with van der Waals surface area (Å²) in [5.41, 5.74) is 5.58. The van der Waals surface area contributed by atoms with Crippen LogP contribution in [0.5, 0.6) is 0 Å². The number of amides is 1. The van der Waals surface area contributed by atoms with Gasteiger partial charge in [0.25, 0.3) is 0 Å². The van der Waals surface area contributed by atoms with Crippen LogP contribution in [0.2, 0.25) is 0 Å². The van der Waals surface area contributed by atoms with Crippen LogP contribution >= 0.6 is 0 Å². The summed E-state index contributed by atoms with van der Waals surface area (Å²) < 4.78 is 4.96. The number of esters is 1. The van der Waals surface area contributed by atoms with Gasteiger partial charge in [-0.25, -0.2) is 4.79 Å². The summed E-state index contributed by atoms with van der Waals surface area (Å²) in [6, 6.07) is 5.37. The second-order valence-corrected chi connectivity index (χ2v) is 4.94. The number of carbonyl (C=O) groups excluding carboxylic acids is 2. The van der Waals surface area contributed by atoms with E-state index in [0.29, 0.717) is 0 Å². The molecule has 1 amide bonds. The first-order valence-electron chi connectivity index (χ1n) is 6.61. The molecule has 3 atom stereocenters. The molecule has 0 aliphatic carbocycles. The fraction of sp³-hybridized carbons (Fsp3) is 0.429.